The maximum atomic E-state index is 11.9. The summed E-state index contributed by atoms with van der Waals surface area (Å²) in [5.41, 5.74) is -0.140. The van der Waals surface area contributed by atoms with Crippen LogP contribution in [-0.4, -0.2) is 38.0 Å². The SMILES string of the molecule is O=C(NC(Cc1cnc[nH]1)C(=O)O)c1ccc[nH]c1=O. The highest BCUT2D eigenvalue weighted by Gasteiger charge is 2.22. The van der Waals surface area contributed by atoms with E-state index in [-0.39, 0.29) is 12.0 Å². The second-order valence-corrected chi connectivity index (χ2v) is 4.06. The normalized spacial score (nSPS) is 11.8. The number of nitrogens with one attached hydrogen (secondary N) is 3. The Hall–Kier alpha value is -2.90. The number of H-pyrrole nitrogens is 2. The van der Waals surface area contributed by atoms with E-state index in [1.54, 1.807) is 0 Å². The third-order valence-electron chi connectivity index (χ3n) is 2.65. The molecule has 2 aromatic rings. The fourth-order valence-corrected chi connectivity index (χ4v) is 1.65. The molecule has 104 valence electrons. The summed E-state index contributed by atoms with van der Waals surface area (Å²) in [6.45, 7) is 0. The number of aromatic nitrogens is 3. The summed E-state index contributed by atoms with van der Waals surface area (Å²) in [5, 5.41) is 11.4. The Morgan fingerprint density at radius 2 is 2.20 bits per heavy atom. The molecule has 0 aliphatic carbocycles. The van der Waals surface area contributed by atoms with Crippen molar-refractivity contribution in [1.82, 2.24) is 20.3 Å². The monoisotopic (exact) mass is 276 g/mol. The van der Waals surface area contributed by atoms with E-state index in [2.05, 4.69) is 20.3 Å². The molecule has 1 atom stereocenters. The third-order valence-corrected chi connectivity index (χ3v) is 2.65. The fraction of sp³-hybridized carbons (Fsp3) is 0.167. The van der Waals surface area contributed by atoms with Crippen LogP contribution in [0.2, 0.25) is 0 Å². The molecule has 8 nitrogen and oxygen atoms in total. The number of amides is 1. The van der Waals surface area contributed by atoms with Gasteiger partial charge in [-0.15, -0.1) is 0 Å². The molecule has 1 amide bonds. The third kappa shape index (κ3) is 3.10. The number of pyridine rings is 1. The molecule has 2 rings (SSSR count). The Kier molecular flexibility index (Phi) is 3.94. The van der Waals surface area contributed by atoms with Crippen LogP contribution < -0.4 is 10.9 Å². The van der Waals surface area contributed by atoms with Gasteiger partial charge in [-0.1, -0.05) is 0 Å². The van der Waals surface area contributed by atoms with Crippen molar-refractivity contribution < 1.29 is 14.7 Å². The number of nitrogens with zero attached hydrogens (tertiary/aromatic N) is 1. The van der Waals surface area contributed by atoms with Crippen LogP contribution in [0.3, 0.4) is 0 Å². The van der Waals surface area contributed by atoms with E-state index in [0.717, 1.165) is 0 Å². The molecule has 0 saturated heterocycles. The number of carboxylic acid groups (broad SMARTS) is 1. The van der Waals surface area contributed by atoms with Crippen LogP contribution >= 0.6 is 0 Å². The molecule has 0 saturated carbocycles. The Morgan fingerprint density at radius 3 is 2.80 bits per heavy atom. The maximum absolute atomic E-state index is 11.9. The number of hydrogen-bond acceptors (Lipinski definition) is 4. The highest BCUT2D eigenvalue weighted by Crippen LogP contribution is 2.00. The zero-order valence-electron chi connectivity index (χ0n) is 10.3. The molecule has 0 aliphatic heterocycles. The average molecular weight is 276 g/mol. The van der Waals surface area contributed by atoms with Crippen LogP contribution in [0.25, 0.3) is 0 Å². The quantitative estimate of drug-likeness (QED) is 0.586. The van der Waals surface area contributed by atoms with E-state index in [4.69, 9.17) is 5.11 Å². The number of imidazole rings is 1. The van der Waals surface area contributed by atoms with E-state index in [0.29, 0.717) is 5.69 Å². The van der Waals surface area contributed by atoms with E-state index in [9.17, 15) is 14.4 Å². The molecular formula is C12H12N4O4. The second-order valence-electron chi connectivity index (χ2n) is 4.06. The van der Waals surface area contributed by atoms with Gasteiger partial charge in [0.25, 0.3) is 11.5 Å². The Bertz CT molecular complexity index is 662. The predicted octanol–water partition coefficient (Wildman–Crippen LogP) is -0.476. The number of carbonyl (C=O) groups excluding carboxylic acids is 1. The van der Waals surface area contributed by atoms with E-state index >= 15 is 0 Å². The zero-order valence-corrected chi connectivity index (χ0v) is 10.3. The molecule has 20 heavy (non-hydrogen) atoms. The van der Waals surface area contributed by atoms with Crippen molar-refractivity contribution in [1.29, 1.82) is 0 Å². The molecule has 1 unspecified atom stereocenters. The van der Waals surface area contributed by atoms with Gasteiger partial charge in [-0.25, -0.2) is 9.78 Å². The lowest BCUT2D eigenvalue weighted by molar-refractivity contribution is -0.139. The second kappa shape index (κ2) is 5.83. The molecule has 8 heteroatoms. The minimum absolute atomic E-state index is 0.0474. The number of aromatic amines is 2. The minimum atomic E-state index is -1.19. The van der Waals surface area contributed by atoms with E-state index in [1.165, 1.54) is 30.9 Å². The standard InChI is InChI=1S/C12H12N4O4/c17-10-8(2-1-3-14-10)11(18)16-9(12(19)20)4-7-5-13-6-15-7/h1-3,5-6,9H,4H2,(H,13,15)(H,14,17)(H,16,18)(H,19,20). The van der Waals surface area contributed by atoms with Crippen LogP contribution in [0, 0.1) is 0 Å². The Labute approximate surface area is 112 Å². The molecule has 0 aromatic carbocycles. The van der Waals surface area contributed by atoms with Gasteiger partial charge < -0.3 is 20.4 Å². The van der Waals surface area contributed by atoms with Gasteiger partial charge in [0.15, 0.2) is 0 Å². The topological polar surface area (TPSA) is 128 Å². The van der Waals surface area contributed by atoms with Crippen molar-refractivity contribution in [2.75, 3.05) is 0 Å². The number of carbonyl (C=O) groups is 2. The van der Waals surface area contributed by atoms with Crippen molar-refractivity contribution in [2.24, 2.45) is 0 Å². The fourth-order valence-electron chi connectivity index (χ4n) is 1.65. The van der Waals surface area contributed by atoms with Gasteiger partial charge in [-0.2, -0.15) is 0 Å². The first kappa shape index (κ1) is 13.5. The lowest BCUT2D eigenvalue weighted by Gasteiger charge is -2.13. The summed E-state index contributed by atoms with van der Waals surface area (Å²) >= 11 is 0. The molecule has 0 aliphatic rings. The lowest BCUT2D eigenvalue weighted by atomic mass is 10.1. The van der Waals surface area contributed by atoms with Crippen LogP contribution in [0.5, 0.6) is 0 Å². The first-order valence-corrected chi connectivity index (χ1v) is 5.76. The van der Waals surface area contributed by atoms with Crippen LogP contribution in [-0.2, 0) is 11.2 Å². The first-order chi connectivity index (χ1) is 9.58. The van der Waals surface area contributed by atoms with Gasteiger partial charge in [-0.05, 0) is 12.1 Å². The Balaban J connectivity index is 2.12. The van der Waals surface area contributed by atoms with Crippen LogP contribution in [0.15, 0.2) is 35.6 Å². The van der Waals surface area contributed by atoms with Crippen molar-refractivity contribution >= 4 is 11.9 Å². The first-order valence-electron chi connectivity index (χ1n) is 5.76. The van der Waals surface area contributed by atoms with Crippen LogP contribution in [0.1, 0.15) is 16.1 Å². The van der Waals surface area contributed by atoms with Gasteiger partial charge in [0.2, 0.25) is 0 Å². The molecule has 2 heterocycles. The number of hydrogen-bond donors (Lipinski definition) is 4. The molecule has 0 spiro atoms. The zero-order chi connectivity index (χ0) is 14.5. The highest BCUT2D eigenvalue weighted by molar-refractivity contribution is 5.96. The van der Waals surface area contributed by atoms with Crippen LogP contribution in [0.4, 0.5) is 0 Å². The number of rotatable bonds is 5. The van der Waals surface area contributed by atoms with Gasteiger partial charge in [0.1, 0.15) is 11.6 Å². The maximum Gasteiger partial charge on any atom is 0.326 e. The van der Waals surface area contributed by atoms with Gasteiger partial charge in [0.05, 0.1) is 6.33 Å². The van der Waals surface area contributed by atoms with E-state index < -0.39 is 23.5 Å². The summed E-state index contributed by atoms with van der Waals surface area (Å²) in [6, 6.07) is 1.66. The van der Waals surface area contributed by atoms with E-state index in [1.807, 2.05) is 0 Å². The summed E-state index contributed by atoms with van der Waals surface area (Å²) in [4.78, 5) is 43.4. The molecule has 4 N–H and O–H groups in total. The average Bonchev–Trinajstić information content (AvgIpc) is 2.91. The molecule has 0 bridgehead atoms. The predicted molar refractivity (Wildman–Crippen MR) is 68.2 cm³/mol. The van der Waals surface area contributed by atoms with Gasteiger partial charge >= 0.3 is 5.97 Å². The van der Waals surface area contributed by atoms with Crippen molar-refractivity contribution in [3.05, 3.63) is 52.5 Å². The Morgan fingerprint density at radius 1 is 1.40 bits per heavy atom. The number of aliphatic carboxylic acids is 1. The smallest absolute Gasteiger partial charge is 0.326 e. The molecule has 0 radical (unpaired) electrons. The minimum Gasteiger partial charge on any atom is -0.480 e. The highest BCUT2D eigenvalue weighted by atomic mass is 16.4. The van der Waals surface area contributed by atoms with Gasteiger partial charge in [0, 0.05) is 24.5 Å². The number of carboxylic acids is 1. The lowest BCUT2D eigenvalue weighted by Crippen LogP contribution is -2.43. The van der Waals surface area contributed by atoms with Gasteiger partial charge in [-0.3, -0.25) is 9.59 Å². The molecular weight excluding hydrogens is 264 g/mol. The summed E-state index contributed by atoms with van der Waals surface area (Å²) in [5.74, 6) is -1.93. The van der Waals surface area contributed by atoms with Crippen molar-refractivity contribution in [3.8, 4) is 0 Å². The summed E-state index contributed by atoms with van der Waals surface area (Å²) in [6.07, 6.45) is 4.32. The molecule has 2 aromatic heterocycles. The molecule has 0 fully saturated rings. The summed E-state index contributed by atoms with van der Waals surface area (Å²) in [7, 11) is 0. The largest absolute Gasteiger partial charge is 0.480 e. The van der Waals surface area contributed by atoms with Crippen molar-refractivity contribution in [3.63, 3.8) is 0 Å². The van der Waals surface area contributed by atoms with Crippen molar-refractivity contribution in [2.45, 2.75) is 12.5 Å². The summed E-state index contributed by atoms with van der Waals surface area (Å²) < 4.78 is 0.